The quantitative estimate of drug-likeness (QED) is 0.794. The van der Waals surface area contributed by atoms with Gasteiger partial charge in [-0.3, -0.25) is 0 Å². The largest absolute Gasteiger partial charge is 0.444 e. The summed E-state index contributed by atoms with van der Waals surface area (Å²) in [5, 5.41) is 13.5. The maximum atomic E-state index is 12.1. The molecule has 2 aliphatic rings. The van der Waals surface area contributed by atoms with Gasteiger partial charge in [-0.2, -0.15) is 0 Å². The molecule has 2 N–H and O–H groups in total. The lowest BCUT2D eigenvalue weighted by atomic mass is 10.0. The topological polar surface area (TPSA) is 61.8 Å². The van der Waals surface area contributed by atoms with E-state index in [0.29, 0.717) is 19.5 Å². The number of β-amino-alcohol motifs (C(OH)–C–C–N with tert-alkyl or cyclic N) is 1. The van der Waals surface area contributed by atoms with Crippen molar-refractivity contribution in [2.45, 2.75) is 57.3 Å². The molecule has 5 nitrogen and oxygen atoms in total. The summed E-state index contributed by atoms with van der Waals surface area (Å²) < 4.78 is 5.41. The van der Waals surface area contributed by atoms with E-state index in [1.807, 2.05) is 20.8 Å². The predicted octanol–water partition coefficient (Wildman–Crippen LogP) is 1.11. The van der Waals surface area contributed by atoms with E-state index in [1.165, 1.54) is 0 Å². The Labute approximate surface area is 108 Å². The average Bonchev–Trinajstić information content (AvgIpc) is 2.96. The molecule has 0 radical (unpaired) electrons. The van der Waals surface area contributed by atoms with Gasteiger partial charge in [0.05, 0.1) is 12.1 Å². The molecule has 1 atom stereocenters. The van der Waals surface area contributed by atoms with Crippen molar-refractivity contribution < 1.29 is 14.6 Å². The lowest BCUT2D eigenvalue weighted by Gasteiger charge is -2.32. The van der Waals surface area contributed by atoms with Gasteiger partial charge in [0.1, 0.15) is 5.60 Å². The van der Waals surface area contributed by atoms with Crippen molar-refractivity contribution in [3.8, 4) is 0 Å². The van der Waals surface area contributed by atoms with Crippen molar-refractivity contribution in [1.29, 1.82) is 0 Å². The predicted molar refractivity (Wildman–Crippen MR) is 68.4 cm³/mol. The van der Waals surface area contributed by atoms with Crippen molar-refractivity contribution in [1.82, 2.24) is 10.2 Å². The van der Waals surface area contributed by atoms with Gasteiger partial charge in [0.2, 0.25) is 0 Å². The number of carbonyl (C=O) groups excluding carboxylic acids is 1. The monoisotopic (exact) mass is 256 g/mol. The van der Waals surface area contributed by atoms with Crippen molar-refractivity contribution in [2.24, 2.45) is 0 Å². The second-order valence-corrected chi connectivity index (χ2v) is 6.49. The third-order valence-electron chi connectivity index (χ3n) is 3.30. The minimum Gasteiger partial charge on any atom is -0.444 e. The number of hydrogen-bond acceptors (Lipinski definition) is 4. The summed E-state index contributed by atoms with van der Waals surface area (Å²) >= 11 is 0. The van der Waals surface area contributed by atoms with Gasteiger partial charge in [0.25, 0.3) is 0 Å². The first-order valence-corrected chi connectivity index (χ1v) is 6.72. The van der Waals surface area contributed by atoms with E-state index in [0.717, 1.165) is 19.4 Å². The highest BCUT2D eigenvalue weighted by atomic mass is 16.6. The molecule has 2 rings (SSSR count). The molecule has 1 saturated carbocycles. The summed E-state index contributed by atoms with van der Waals surface area (Å²) in [5.74, 6) is 0. The molecule has 5 heteroatoms. The van der Waals surface area contributed by atoms with Crippen LogP contribution in [-0.2, 0) is 4.74 Å². The van der Waals surface area contributed by atoms with Gasteiger partial charge in [-0.15, -0.1) is 0 Å². The van der Waals surface area contributed by atoms with E-state index in [2.05, 4.69) is 5.32 Å². The first kappa shape index (κ1) is 13.6. The summed E-state index contributed by atoms with van der Waals surface area (Å²) in [6, 6.07) is 0.254. The zero-order chi connectivity index (χ0) is 13.4. The molecule has 0 aromatic rings. The third kappa shape index (κ3) is 3.59. The van der Waals surface area contributed by atoms with E-state index in [9.17, 15) is 9.90 Å². The highest BCUT2D eigenvalue weighted by molar-refractivity contribution is 5.69. The van der Waals surface area contributed by atoms with Gasteiger partial charge in [-0.25, -0.2) is 4.79 Å². The van der Waals surface area contributed by atoms with E-state index in [4.69, 9.17) is 4.74 Å². The standard InChI is InChI=1S/C13H24N2O3/c1-12(2,3)18-11(16)15(10-4-5-10)9-13(17)6-7-14-8-13/h10,14,17H,4-9H2,1-3H3. The molecule has 1 amide bonds. The van der Waals surface area contributed by atoms with Crippen molar-refractivity contribution in [3.63, 3.8) is 0 Å². The highest BCUT2D eigenvalue weighted by Gasteiger charge is 2.41. The lowest BCUT2D eigenvalue weighted by molar-refractivity contribution is -0.0116. The number of nitrogens with one attached hydrogen (secondary N) is 1. The van der Waals surface area contributed by atoms with Crippen LogP contribution in [-0.4, -0.2) is 53.0 Å². The Morgan fingerprint density at radius 1 is 1.50 bits per heavy atom. The van der Waals surface area contributed by atoms with E-state index in [-0.39, 0.29) is 12.1 Å². The van der Waals surface area contributed by atoms with E-state index >= 15 is 0 Å². The Morgan fingerprint density at radius 3 is 2.61 bits per heavy atom. The summed E-state index contributed by atoms with van der Waals surface area (Å²) in [6.07, 6.45) is 2.43. The number of amides is 1. The molecule has 1 aliphatic heterocycles. The van der Waals surface area contributed by atoms with Gasteiger partial charge >= 0.3 is 6.09 Å². The van der Waals surface area contributed by atoms with Crippen LogP contribution in [0.15, 0.2) is 0 Å². The molecular weight excluding hydrogens is 232 g/mol. The van der Waals surface area contributed by atoms with Crippen LogP contribution in [0.3, 0.4) is 0 Å². The molecule has 1 heterocycles. The maximum absolute atomic E-state index is 12.1. The molecular formula is C13H24N2O3. The fraction of sp³-hybridized carbons (Fsp3) is 0.923. The molecule has 0 bridgehead atoms. The average molecular weight is 256 g/mol. The van der Waals surface area contributed by atoms with Crippen LogP contribution in [0, 0.1) is 0 Å². The van der Waals surface area contributed by atoms with Gasteiger partial charge in [0.15, 0.2) is 0 Å². The van der Waals surface area contributed by atoms with Crippen molar-refractivity contribution in [2.75, 3.05) is 19.6 Å². The minimum atomic E-state index is -0.792. The zero-order valence-electron chi connectivity index (χ0n) is 11.5. The zero-order valence-corrected chi connectivity index (χ0v) is 11.5. The third-order valence-corrected chi connectivity index (χ3v) is 3.30. The molecule has 0 aromatic heterocycles. The van der Waals surface area contributed by atoms with Crippen LogP contribution < -0.4 is 5.32 Å². The summed E-state index contributed by atoms with van der Waals surface area (Å²) in [7, 11) is 0. The van der Waals surface area contributed by atoms with Crippen LogP contribution in [0.25, 0.3) is 0 Å². The summed E-state index contributed by atoms with van der Waals surface area (Å²) in [5.41, 5.74) is -1.28. The van der Waals surface area contributed by atoms with E-state index < -0.39 is 11.2 Å². The Bertz CT molecular complexity index is 315. The van der Waals surface area contributed by atoms with Gasteiger partial charge < -0.3 is 20.1 Å². The Kier molecular flexibility index (Phi) is 3.56. The summed E-state index contributed by atoms with van der Waals surface area (Å²) in [6.45, 7) is 7.33. The SMILES string of the molecule is CC(C)(C)OC(=O)N(CC1(O)CCNC1)C1CC1. The molecule has 0 spiro atoms. The molecule has 104 valence electrons. The second-order valence-electron chi connectivity index (χ2n) is 6.49. The fourth-order valence-electron chi connectivity index (χ4n) is 2.23. The normalized spacial score (nSPS) is 28.2. The molecule has 0 aromatic carbocycles. The first-order chi connectivity index (χ1) is 8.29. The van der Waals surface area contributed by atoms with Crippen LogP contribution in [0.2, 0.25) is 0 Å². The van der Waals surface area contributed by atoms with Crippen LogP contribution in [0.5, 0.6) is 0 Å². The lowest BCUT2D eigenvalue weighted by Crippen LogP contribution is -2.49. The molecule has 1 unspecified atom stereocenters. The Balaban J connectivity index is 1.97. The Morgan fingerprint density at radius 2 is 2.17 bits per heavy atom. The van der Waals surface area contributed by atoms with E-state index in [1.54, 1.807) is 4.90 Å². The van der Waals surface area contributed by atoms with Gasteiger partial charge in [-0.05, 0) is 46.6 Å². The smallest absolute Gasteiger partial charge is 0.410 e. The number of aliphatic hydroxyl groups is 1. The van der Waals surface area contributed by atoms with Crippen LogP contribution >= 0.6 is 0 Å². The number of nitrogens with zero attached hydrogens (tertiary/aromatic N) is 1. The highest BCUT2D eigenvalue weighted by Crippen LogP contribution is 2.31. The van der Waals surface area contributed by atoms with Crippen LogP contribution in [0.4, 0.5) is 4.79 Å². The number of hydrogen-bond donors (Lipinski definition) is 2. The second kappa shape index (κ2) is 4.70. The molecule has 1 aliphatic carbocycles. The molecule has 2 fully saturated rings. The number of ether oxygens (including phenoxy) is 1. The maximum Gasteiger partial charge on any atom is 0.410 e. The van der Waals surface area contributed by atoms with Crippen molar-refractivity contribution in [3.05, 3.63) is 0 Å². The number of rotatable bonds is 3. The Hall–Kier alpha value is -0.810. The molecule has 1 saturated heterocycles. The van der Waals surface area contributed by atoms with Crippen LogP contribution in [0.1, 0.15) is 40.0 Å². The number of carbonyl (C=O) groups is 1. The minimum absolute atomic E-state index is 0.254. The first-order valence-electron chi connectivity index (χ1n) is 6.72. The van der Waals surface area contributed by atoms with Crippen molar-refractivity contribution >= 4 is 6.09 Å². The molecule has 18 heavy (non-hydrogen) atoms. The summed E-state index contributed by atoms with van der Waals surface area (Å²) in [4.78, 5) is 13.8. The fourth-order valence-corrected chi connectivity index (χ4v) is 2.23. The van der Waals surface area contributed by atoms with Gasteiger partial charge in [0, 0.05) is 12.6 Å². The van der Waals surface area contributed by atoms with Gasteiger partial charge in [-0.1, -0.05) is 0 Å².